The minimum Gasteiger partial charge on any atom is -0.426 e. The zero-order valence-corrected chi connectivity index (χ0v) is 21.9. The van der Waals surface area contributed by atoms with Crippen molar-refractivity contribution >= 4 is 23.5 Å². The topological polar surface area (TPSA) is 52.6 Å². The van der Waals surface area contributed by atoms with E-state index < -0.39 is 5.97 Å². The molecule has 0 heterocycles. The highest BCUT2D eigenvalue weighted by atomic mass is 35.5. The van der Waals surface area contributed by atoms with E-state index in [-0.39, 0.29) is 22.5 Å². The minimum absolute atomic E-state index is 0.0641. The first-order valence-corrected chi connectivity index (χ1v) is 13.7. The van der Waals surface area contributed by atoms with E-state index in [2.05, 4.69) is 13.8 Å². The van der Waals surface area contributed by atoms with Crippen LogP contribution in [-0.2, 0) is 11.2 Å². The predicted octanol–water partition coefficient (Wildman–Crippen LogP) is 8.58. The Bertz CT molecular complexity index is 945. The molecule has 0 aliphatic heterocycles. The molecule has 35 heavy (non-hydrogen) atoms. The zero-order valence-electron chi connectivity index (χ0n) is 21.2. The van der Waals surface area contributed by atoms with Gasteiger partial charge in [0.25, 0.3) is 0 Å². The Labute approximate surface area is 215 Å². The molecular formula is C30H39ClO4. The van der Waals surface area contributed by atoms with E-state index in [1.165, 1.54) is 50.2 Å². The van der Waals surface area contributed by atoms with Crippen molar-refractivity contribution in [1.29, 1.82) is 0 Å². The lowest BCUT2D eigenvalue weighted by Gasteiger charge is -2.27. The highest BCUT2D eigenvalue weighted by molar-refractivity contribution is 6.33. The summed E-state index contributed by atoms with van der Waals surface area (Å²) >= 11 is 6.34. The van der Waals surface area contributed by atoms with Gasteiger partial charge in [-0.1, -0.05) is 76.1 Å². The lowest BCUT2D eigenvalue weighted by atomic mass is 9.80. The minimum atomic E-state index is -0.534. The van der Waals surface area contributed by atoms with Crippen LogP contribution in [0.1, 0.15) is 100 Å². The second-order valence-corrected chi connectivity index (χ2v) is 10.2. The second-order valence-electron chi connectivity index (χ2n) is 9.77. The monoisotopic (exact) mass is 498 g/mol. The lowest BCUT2D eigenvalue weighted by molar-refractivity contribution is -0.140. The Kier molecular flexibility index (Phi) is 11.1. The summed E-state index contributed by atoms with van der Waals surface area (Å²) in [6.45, 7) is 4.41. The van der Waals surface area contributed by atoms with Gasteiger partial charge in [0.1, 0.15) is 11.5 Å². The number of carbonyl (C=O) groups is 2. The number of aryl methyl sites for hydroxylation is 1. The summed E-state index contributed by atoms with van der Waals surface area (Å²) in [5.74, 6) is 0.771. The second kappa shape index (κ2) is 14.3. The fraction of sp³-hybridized carbons (Fsp3) is 0.533. The summed E-state index contributed by atoms with van der Waals surface area (Å²) in [5, 5.41) is 0.205. The number of hydrogen-bond donors (Lipinski definition) is 0. The van der Waals surface area contributed by atoms with Gasteiger partial charge in [-0.15, -0.1) is 0 Å². The average Bonchev–Trinajstić information content (AvgIpc) is 2.86. The van der Waals surface area contributed by atoms with Crippen LogP contribution in [0.4, 0.5) is 0 Å². The van der Waals surface area contributed by atoms with Crippen LogP contribution in [-0.4, -0.2) is 11.9 Å². The number of unbranched alkanes of at least 4 members (excludes halogenated alkanes) is 4. The number of hydrogen-bond acceptors (Lipinski definition) is 4. The van der Waals surface area contributed by atoms with Gasteiger partial charge in [-0.3, -0.25) is 4.79 Å². The van der Waals surface area contributed by atoms with Crippen LogP contribution in [0.25, 0.3) is 0 Å². The number of carbonyl (C=O) groups excluding carboxylic acids is 2. The quantitative estimate of drug-likeness (QED) is 0.167. The van der Waals surface area contributed by atoms with Gasteiger partial charge in [-0.25, -0.2) is 4.79 Å². The van der Waals surface area contributed by atoms with Crippen LogP contribution in [0.2, 0.25) is 5.02 Å². The van der Waals surface area contributed by atoms with Crippen LogP contribution < -0.4 is 9.47 Å². The van der Waals surface area contributed by atoms with Gasteiger partial charge < -0.3 is 9.47 Å². The molecule has 2 aromatic rings. The summed E-state index contributed by atoms with van der Waals surface area (Å²) in [5.41, 5.74) is 1.47. The van der Waals surface area contributed by atoms with Gasteiger partial charge in [0, 0.05) is 6.07 Å². The van der Waals surface area contributed by atoms with E-state index >= 15 is 0 Å². The van der Waals surface area contributed by atoms with E-state index in [9.17, 15) is 9.59 Å². The Morgan fingerprint density at radius 1 is 0.829 bits per heavy atom. The molecule has 5 heteroatoms. The third-order valence-corrected chi connectivity index (χ3v) is 7.29. The fourth-order valence-electron chi connectivity index (χ4n) is 4.76. The molecule has 1 aliphatic carbocycles. The number of benzene rings is 2. The number of halogens is 1. The molecule has 4 nitrogen and oxygen atoms in total. The first-order chi connectivity index (χ1) is 17.0. The summed E-state index contributed by atoms with van der Waals surface area (Å²) < 4.78 is 11.1. The highest BCUT2D eigenvalue weighted by Crippen LogP contribution is 2.33. The van der Waals surface area contributed by atoms with E-state index in [0.717, 1.165) is 44.4 Å². The Morgan fingerprint density at radius 2 is 1.49 bits per heavy atom. The molecule has 0 atom stereocenters. The molecule has 0 saturated heterocycles. The van der Waals surface area contributed by atoms with Crippen LogP contribution >= 0.6 is 11.6 Å². The molecule has 0 spiro atoms. The molecule has 1 saturated carbocycles. The first kappa shape index (κ1) is 27.3. The standard InChI is InChI=1S/C30H39ClO4/c1-3-5-7-9-22-11-15-24(16-12-22)29(32)35-26-19-20-27(28(31)21-26)30(33)34-25-17-13-23(14-18-25)10-8-6-4-2/h13-14,17-22,24H,3-12,15-16H2,1-2H3. The largest absolute Gasteiger partial charge is 0.426 e. The molecule has 1 aliphatic rings. The van der Waals surface area contributed by atoms with Gasteiger partial charge >= 0.3 is 11.9 Å². The summed E-state index contributed by atoms with van der Waals surface area (Å²) in [7, 11) is 0. The van der Waals surface area contributed by atoms with Gasteiger partial charge in [0.05, 0.1) is 16.5 Å². The van der Waals surface area contributed by atoms with Crippen molar-refractivity contribution < 1.29 is 19.1 Å². The number of rotatable bonds is 12. The van der Waals surface area contributed by atoms with E-state index in [1.54, 1.807) is 12.1 Å². The van der Waals surface area contributed by atoms with Crippen molar-refractivity contribution in [3.63, 3.8) is 0 Å². The number of esters is 2. The molecule has 2 aromatic carbocycles. The summed E-state index contributed by atoms with van der Waals surface area (Å²) in [6.07, 6.45) is 13.6. The van der Waals surface area contributed by atoms with Crippen molar-refractivity contribution in [1.82, 2.24) is 0 Å². The molecule has 0 radical (unpaired) electrons. The van der Waals surface area contributed by atoms with E-state index in [1.807, 2.05) is 24.3 Å². The maximum absolute atomic E-state index is 12.7. The fourth-order valence-corrected chi connectivity index (χ4v) is 5.01. The van der Waals surface area contributed by atoms with Crippen LogP contribution in [0.5, 0.6) is 11.5 Å². The van der Waals surface area contributed by atoms with Crippen LogP contribution in [0.3, 0.4) is 0 Å². The third kappa shape index (κ3) is 8.68. The molecule has 0 aromatic heterocycles. The Morgan fingerprint density at radius 3 is 2.14 bits per heavy atom. The SMILES string of the molecule is CCCCCc1ccc(OC(=O)c2ccc(OC(=O)C3CCC(CCCCC)CC3)cc2Cl)cc1. The molecule has 0 bridgehead atoms. The van der Waals surface area contributed by atoms with Crippen molar-refractivity contribution in [2.45, 2.75) is 90.9 Å². The van der Waals surface area contributed by atoms with Crippen molar-refractivity contribution in [3.8, 4) is 11.5 Å². The molecule has 0 unspecified atom stereocenters. The average molecular weight is 499 g/mol. The van der Waals surface area contributed by atoms with Crippen molar-refractivity contribution in [2.75, 3.05) is 0 Å². The van der Waals surface area contributed by atoms with Gasteiger partial charge in [-0.2, -0.15) is 0 Å². The Hall–Kier alpha value is -2.33. The van der Waals surface area contributed by atoms with Crippen molar-refractivity contribution in [3.05, 3.63) is 58.6 Å². The maximum Gasteiger partial charge on any atom is 0.345 e. The van der Waals surface area contributed by atoms with E-state index in [0.29, 0.717) is 11.5 Å². The zero-order chi connectivity index (χ0) is 25.0. The lowest BCUT2D eigenvalue weighted by Crippen LogP contribution is -2.25. The van der Waals surface area contributed by atoms with Crippen LogP contribution in [0, 0.1) is 11.8 Å². The summed E-state index contributed by atoms with van der Waals surface area (Å²) in [6, 6.07) is 12.3. The normalized spacial score (nSPS) is 17.7. The third-order valence-electron chi connectivity index (χ3n) is 6.98. The van der Waals surface area contributed by atoms with Gasteiger partial charge in [0.2, 0.25) is 0 Å². The molecule has 1 fully saturated rings. The molecule has 190 valence electrons. The highest BCUT2D eigenvalue weighted by Gasteiger charge is 2.27. The Balaban J connectivity index is 1.49. The van der Waals surface area contributed by atoms with Gasteiger partial charge in [-0.05, 0) is 74.3 Å². The van der Waals surface area contributed by atoms with Crippen LogP contribution in [0.15, 0.2) is 42.5 Å². The van der Waals surface area contributed by atoms with Gasteiger partial charge in [0.15, 0.2) is 0 Å². The first-order valence-electron chi connectivity index (χ1n) is 13.3. The smallest absolute Gasteiger partial charge is 0.345 e. The maximum atomic E-state index is 12.7. The molecular weight excluding hydrogens is 460 g/mol. The predicted molar refractivity (Wildman–Crippen MR) is 141 cm³/mol. The summed E-state index contributed by atoms with van der Waals surface area (Å²) in [4.78, 5) is 25.3. The number of ether oxygens (including phenoxy) is 2. The molecule has 0 N–H and O–H groups in total. The molecule has 3 rings (SSSR count). The van der Waals surface area contributed by atoms with E-state index in [4.69, 9.17) is 21.1 Å². The molecule has 0 amide bonds. The van der Waals surface area contributed by atoms with Crippen molar-refractivity contribution in [2.24, 2.45) is 11.8 Å².